The molecule has 1 nitrogen and oxygen atoms in total. The first-order valence-electron chi connectivity index (χ1n) is 3.21. The molecule has 12 heavy (non-hydrogen) atoms. The van der Waals surface area contributed by atoms with Crippen LogP contribution >= 0.6 is 39.1 Å². The Hall–Kier alpha value is -0.180. The van der Waals surface area contributed by atoms with Crippen LogP contribution in [0.5, 0.6) is 0 Å². The van der Waals surface area contributed by atoms with Crippen molar-refractivity contribution < 1.29 is 4.42 Å². The monoisotopic (exact) mass is 264 g/mol. The van der Waals surface area contributed by atoms with Crippen LogP contribution in [0.2, 0.25) is 10.0 Å². The molecule has 62 valence electrons. The Morgan fingerprint density at radius 1 is 1.25 bits per heavy atom. The molecule has 0 unspecified atom stereocenters. The summed E-state index contributed by atoms with van der Waals surface area (Å²) in [6.45, 7) is 0. The number of fused-ring (bicyclic) bond motifs is 1. The Balaban J connectivity index is 2.97. The summed E-state index contributed by atoms with van der Waals surface area (Å²) in [6.07, 6.45) is 1.58. The third-order valence-electron chi connectivity index (χ3n) is 1.59. The number of halogens is 3. The number of benzene rings is 1. The topological polar surface area (TPSA) is 13.1 Å². The molecule has 0 saturated carbocycles. The largest absolute Gasteiger partial charge is 0.463 e. The molecular formula is C8H3BrCl2O. The zero-order valence-corrected chi connectivity index (χ0v) is 8.87. The molecule has 0 radical (unpaired) electrons. The summed E-state index contributed by atoms with van der Waals surface area (Å²) in [6, 6.07) is 3.49. The lowest BCUT2D eigenvalue weighted by atomic mass is 10.2. The van der Waals surface area contributed by atoms with E-state index in [1.165, 1.54) is 0 Å². The van der Waals surface area contributed by atoms with Crippen molar-refractivity contribution in [3.8, 4) is 0 Å². The summed E-state index contributed by atoms with van der Waals surface area (Å²) in [7, 11) is 0. The molecule has 0 aliphatic carbocycles. The van der Waals surface area contributed by atoms with E-state index in [0.717, 1.165) is 9.86 Å². The van der Waals surface area contributed by atoms with Crippen LogP contribution in [0.3, 0.4) is 0 Å². The van der Waals surface area contributed by atoms with E-state index in [4.69, 9.17) is 27.6 Å². The molecule has 0 aliphatic rings. The van der Waals surface area contributed by atoms with Gasteiger partial charge in [-0.2, -0.15) is 0 Å². The number of furan rings is 1. The van der Waals surface area contributed by atoms with Gasteiger partial charge in [0.05, 0.1) is 20.8 Å². The van der Waals surface area contributed by atoms with E-state index in [1.807, 2.05) is 0 Å². The second-order valence-electron chi connectivity index (χ2n) is 2.32. The van der Waals surface area contributed by atoms with E-state index < -0.39 is 0 Å². The standard InChI is InChI=1S/C8H3BrCl2O/c9-7-6(11)3-5(10)4-1-2-12-8(4)7/h1-3H. The molecule has 0 aliphatic heterocycles. The Kier molecular flexibility index (Phi) is 2.07. The minimum absolute atomic E-state index is 0.558. The summed E-state index contributed by atoms with van der Waals surface area (Å²) in [5, 5.41) is 2.03. The molecule has 1 aromatic carbocycles. The van der Waals surface area contributed by atoms with Gasteiger partial charge in [-0.25, -0.2) is 0 Å². The molecule has 2 rings (SSSR count). The molecular weight excluding hydrogens is 263 g/mol. The number of rotatable bonds is 0. The van der Waals surface area contributed by atoms with Crippen molar-refractivity contribution in [2.45, 2.75) is 0 Å². The van der Waals surface area contributed by atoms with Crippen molar-refractivity contribution in [3.63, 3.8) is 0 Å². The summed E-state index contributed by atoms with van der Waals surface area (Å²) in [4.78, 5) is 0. The maximum absolute atomic E-state index is 5.91. The SMILES string of the molecule is Clc1cc(Cl)c2ccoc2c1Br. The van der Waals surface area contributed by atoms with E-state index in [1.54, 1.807) is 18.4 Å². The summed E-state index contributed by atoms with van der Waals surface area (Å²) in [5.74, 6) is 0. The maximum atomic E-state index is 5.91. The molecule has 0 spiro atoms. The number of hydrogen-bond donors (Lipinski definition) is 0. The molecule has 1 heterocycles. The van der Waals surface area contributed by atoms with Crippen molar-refractivity contribution in [2.24, 2.45) is 0 Å². The van der Waals surface area contributed by atoms with Gasteiger partial charge in [-0.1, -0.05) is 23.2 Å². The van der Waals surface area contributed by atoms with Gasteiger partial charge in [0.15, 0.2) is 5.58 Å². The molecule has 2 aromatic rings. The van der Waals surface area contributed by atoms with Crippen LogP contribution in [-0.2, 0) is 0 Å². The Morgan fingerprint density at radius 3 is 2.75 bits per heavy atom. The van der Waals surface area contributed by atoms with Gasteiger partial charge in [-0.15, -0.1) is 0 Å². The maximum Gasteiger partial charge on any atom is 0.151 e. The second kappa shape index (κ2) is 2.95. The van der Waals surface area contributed by atoms with Gasteiger partial charge in [-0.05, 0) is 28.1 Å². The predicted octanol–water partition coefficient (Wildman–Crippen LogP) is 4.50. The molecule has 4 heteroatoms. The van der Waals surface area contributed by atoms with E-state index in [9.17, 15) is 0 Å². The molecule has 0 atom stereocenters. The zero-order chi connectivity index (χ0) is 8.72. The zero-order valence-electron chi connectivity index (χ0n) is 5.77. The first-order chi connectivity index (χ1) is 5.70. The minimum Gasteiger partial charge on any atom is -0.463 e. The lowest BCUT2D eigenvalue weighted by Gasteiger charge is -1.98. The number of hydrogen-bond acceptors (Lipinski definition) is 1. The van der Waals surface area contributed by atoms with Crippen LogP contribution in [0.4, 0.5) is 0 Å². The fourth-order valence-electron chi connectivity index (χ4n) is 1.03. The van der Waals surface area contributed by atoms with Crippen LogP contribution in [-0.4, -0.2) is 0 Å². The van der Waals surface area contributed by atoms with Crippen molar-refractivity contribution in [1.29, 1.82) is 0 Å². The summed E-state index contributed by atoms with van der Waals surface area (Å²) < 4.78 is 5.94. The third-order valence-corrected chi connectivity index (χ3v) is 3.21. The van der Waals surface area contributed by atoms with Crippen LogP contribution < -0.4 is 0 Å². The average molecular weight is 266 g/mol. The third kappa shape index (κ3) is 1.15. The molecule has 0 saturated heterocycles. The second-order valence-corrected chi connectivity index (χ2v) is 3.92. The first-order valence-corrected chi connectivity index (χ1v) is 4.76. The minimum atomic E-state index is 0.558. The van der Waals surface area contributed by atoms with Gasteiger partial charge < -0.3 is 4.42 Å². The van der Waals surface area contributed by atoms with Crippen LogP contribution in [0, 0.1) is 0 Å². The average Bonchev–Trinajstić information content (AvgIpc) is 2.48. The highest BCUT2D eigenvalue weighted by atomic mass is 79.9. The lowest BCUT2D eigenvalue weighted by Crippen LogP contribution is -1.72. The van der Waals surface area contributed by atoms with Crippen molar-refractivity contribution >= 4 is 50.1 Å². The highest BCUT2D eigenvalue weighted by Gasteiger charge is 2.09. The normalized spacial score (nSPS) is 10.9. The van der Waals surface area contributed by atoms with Crippen molar-refractivity contribution in [3.05, 3.63) is 32.9 Å². The smallest absolute Gasteiger partial charge is 0.151 e. The van der Waals surface area contributed by atoms with E-state index in [-0.39, 0.29) is 0 Å². The van der Waals surface area contributed by atoms with E-state index >= 15 is 0 Å². The van der Waals surface area contributed by atoms with E-state index in [2.05, 4.69) is 15.9 Å². The highest BCUT2D eigenvalue weighted by Crippen LogP contribution is 2.36. The van der Waals surface area contributed by atoms with Gasteiger partial charge in [0.2, 0.25) is 0 Å². The highest BCUT2D eigenvalue weighted by molar-refractivity contribution is 9.10. The van der Waals surface area contributed by atoms with Gasteiger partial charge in [0, 0.05) is 5.39 Å². The van der Waals surface area contributed by atoms with Gasteiger partial charge in [0.1, 0.15) is 0 Å². The molecule has 1 aromatic heterocycles. The quantitative estimate of drug-likeness (QED) is 0.639. The van der Waals surface area contributed by atoms with Crippen molar-refractivity contribution in [1.82, 2.24) is 0 Å². The van der Waals surface area contributed by atoms with Crippen LogP contribution in [0.15, 0.2) is 27.3 Å². The first kappa shape index (κ1) is 8.42. The Labute approximate surface area is 87.4 Å². The molecule has 0 fully saturated rings. The van der Waals surface area contributed by atoms with Crippen molar-refractivity contribution in [2.75, 3.05) is 0 Å². The summed E-state index contributed by atoms with van der Waals surface area (Å²) >= 11 is 15.1. The fourth-order valence-corrected chi connectivity index (χ4v) is 1.96. The molecule has 0 N–H and O–H groups in total. The molecule has 0 amide bonds. The predicted molar refractivity (Wildman–Crippen MR) is 53.9 cm³/mol. The van der Waals surface area contributed by atoms with Gasteiger partial charge in [-0.3, -0.25) is 0 Å². The molecule has 0 bridgehead atoms. The van der Waals surface area contributed by atoms with Gasteiger partial charge >= 0.3 is 0 Å². The Morgan fingerprint density at radius 2 is 2.00 bits per heavy atom. The lowest BCUT2D eigenvalue weighted by molar-refractivity contribution is 0.614. The Bertz CT molecular complexity index is 436. The van der Waals surface area contributed by atoms with Gasteiger partial charge in [0.25, 0.3) is 0 Å². The fraction of sp³-hybridized carbons (Fsp3) is 0. The van der Waals surface area contributed by atoms with Crippen LogP contribution in [0.1, 0.15) is 0 Å². The van der Waals surface area contributed by atoms with E-state index in [0.29, 0.717) is 15.6 Å². The van der Waals surface area contributed by atoms with Crippen LogP contribution in [0.25, 0.3) is 11.0 Å². The summed E-state index contributed by atoms with van der Waals surface area (Å²) in [5.41, 5.74) is 0.688.